The Kier molecular flexibility index (Phi) is 18.2. The van der Waals surface area contributed by atoms with Crippen LogP contribution in [0.15, 0.2) is 24.3 Å². The van der Waals surface area contributed by atoms with Crippen molar-refractivity contribution in [3.05, 3.63) is 29.8 Å². The van der Waals surface area contributed by atoms with Crippen LogP contribution in [-0.4, -0.2) is 8.76 Å². The average Bonchev–Trinajstić information content (AvgIpc) is 2.73. The highest BCUT2D eigenvalue weighted by Crippen LogP contribution is 2.17. The van der Waals surface area contributed by atoms with Crippen LogP contribution in [-0.2, 0) is 17.8 Å². The molecular formula is C26H46O3S. The van der Waals surface area contributed by atoms with Crippen LogP contribution < -0.4 is 4.18 Å². The van der Waals surface area contributed by atoms with Crippen molar-refractivity contribution in [1.82, 2.24) is 0 Å². The summed E-state index contributed by atoms with van der Waals surface area (Å²) in [5, 5.41) is 0. The van der Waals surface area contributed by atoms with Crippen LogP contribution in [0.1, 0.15) is 128 Å². The second kappa shape index (κ2) is 20.1. The minimum Gasteiger partial charge on any atom is -0.380 e. The van der Waals surface area contributed by atoms with E-state index in [0.717, 1.165) is 6.42 Å². The summed E-state index contributed by atoms with van der Waals surface area (Å²) in [6, 6.07) is 7.49. The lowest BCUT2D eigenvalue weighted by atomic mass is 10.0. The molecule has 0 bridgehead atoms. The predicted molar refractivity (Wildman–Crippen MR) is 130 cm³/mol. The molecular weight excluding hydrogens is 392 g/mol. The monoisotopic (exact) mass is 438 g/mol. The van der Waals surface area contributed by atoms with E-state index in [9.17, 15) is 4.21 Å². The van der Waals surface area contributed by atoms with Crippen molar-refractivity contribution < 1.29 is 12.9 Å². The number of unbranched alkanes of at least 4 members (excludes halogenated alkanes) is 17. The summed E-state index contributed by atoms with van der Waals surface area (Å²) in [6.07, 6.45) is 26.3. The van der Waals surface area contributed by atoms with Gasteiger partial charge in [-0.3, -0.25) is 4.55 Å². The summed E-state index contributed by atoms with van der Waals surface area (Å²) in [5.41, 5.74) is 1.27. The highest BCUT2D eigenvalue weighted by molar-refractivity contribution is 7.74. The summed E-state index contributed by atoms with van der Waals surface area (Å²) < 4.78 is 24.0. The molecule has 1 aromatic rings. The fraction of sp³-hybridized carbons (Fsp3) is 0.769. The zero-order valence-corrected chi connectivity index (χ0v) is 20.2. The van der Waals surface area contributed by atoms with E-state index >= 15 is 0 Å². The molecule has 0 aliphatic heterocycles. The van der Waals surface area contributed by atoms with E-state index < -0.39 is 11.4 Å². The largest absolute Gasteiger partial charge is 0.380 e. The molecule has 1 N–H and O–H groups in total. The van der Waals surface area contributed by atoms with Gasteiger partial charge in [-0.1, -0.05) is 128 Å². The number of hydrogen-bond acceptors (Lipinski definition) is 2. The van der Waals surface area contributed by atoms with Crippen molar-refractivity contribution in [2.24, 2.45) is 0 Å². The molecule has 0 saturated heterocycles. The average molecular weight is 439 g/mol. The zero-order valence-electron chi connectivity index (χ0n) is 19.4. The van der Waals surface area contributed by atoms with Crippen LogP contribution in [0.2, 0.25) is 0 Å². The smallest absolute Gasteiger partial charge is 0.357 e. The Morgan fingerprint density at radius 1 is 0.633 bits per heavy atom. The second-order valence-corrected chi connectivity index (χ2v) is 9.31. The molecule has 4 heteroatoms. The van der Waals surface area contributed by atoms with E-state index in [0.29, 0.717) is 5.75 Å². The number of rotatable bonds is 21. The summed E-state index contributed by atoms with van der Waals surface area (Å²) >= 11 is -2.24. The number of aryl methyl sites for hydroxylation is 1. The van der Waals surface area contributed by atoms with Crippen LogP contribution in [0.4, 0.5) is 0 Å². The first kappa shape index (κ1) is 27.2. The minimum absolute atomic E-state index is 0.442. The van der Waals surface area contributed by atoms with E-state index in [-0.39, 0.29) is 0 Å². The SMILES string of the molecule is CCCCCCCCCCCCCCCCCCCCc1ccc(OS(=O)O)cc1. The van der Waals surface area contributed by atoms with Gasteiger partial charge in [0, 0.05) is 0 Å². The Balaban J connectivity index is 1.79. The molecule has 0 spiro atoms. The van der Waals surface area contributed by atoms with Gasteiger partial charge in [0.05, 0.1) is 0 Å². The lowest BCUT2D eigenvalue weighted by Gasteiger charge is -2.05. The lowest BCUT2D eigenvalue weighted by Crippen LogP contribution is -1.97. The van der Waals surface area contributed by atoms with Gasteiger partial charge in [0.1, 0.15) is 5.75 Å². The highest BCUT2D eigenvalue weighted by Gasteiger charge is 2.00. The van der Waals surface area contributed by atoms with Crippen LogP contribution in [0.5, 0.6) is 5.75 Å². The molecule has 0 aliphatic carbocycles. The lowest BCUT2D eigenvalue weighted by molar-refractivity contribution is 0.458. The van der Waals surface area contributed by atoms with Crippen molar-refractivity contribution in [3.8, 4) is 5.75 Å². The van der Waals surface area contributed by atoms with Crippen molar-refractivity contribution in [1.29, 1.82) is 0 Å². The van der Waals surface area contributed by atoms with Crippen LogP contribution in [0, 0.1) is 0 Å². The highest BCUT2D eigenvalue weighted by atomic mass is 32.2. The molecule has 0 radical (unpaired) electrons. The minimum atomic E-state index is -2.24. The van der Waals surface area contributed by atoms with E-state index in [1.807, 2.05) is 12.1 Å². The maximum atomic E-state index is 10.6. The van der Waals surface area contributed by atoms with Crippen molar-refractivity contribution >= 4 is 11.4 Å². The summed E-state index contributed by atoms with van der Waals surface area (Å²) in [5.74, 6) is 0.442. The standard InChI is InChI=1S/C26H46O3S/c1-2-3-4-5-6-7-8-9-10-11-12-13-14-15-16-17-18-19-20-25-21-23-26(24-22-25)29-30(27)28/h21-24H,2-20H2,1H3,(H,27,28). The van der Waals surface area contributed by atoms with E-state index in [1.165, 1.54) is 121 Å². The Labute approximate surface area is 188 Å². The summed E-state index contributed by atoms with van der Waals surface area (Å²) in [7, 11) is 0. The summed E-state index contributed by atoms with van der Waals surface area (Å²) in [4.78, 5) is 0. The molecule has 0 aliphatic rings. The normalized spacial score (nSPS) is 12.2. The Morgan fingerprint density at radius 3 is 1.37 bits per heavy atom. The molecule has 0 aromatic heterocycles. The topological polar surface area (TPSA) is 46.5 Å². The van der Waals surface area contributed by atoms with Gasteiger partial charge in [0.15, 0.2) is 0 Å². The number of hydrogen-bond donors (Lipinski definition) is 1. The van der Waals surface area contributed by atoms with Crippen LogP contribution >= 0.6 is 0 Å². The molecule has 174 valence electrons. The maximum absolute atomic E-state index is 10.6. The molecule has 1 atom stereocenters. The molecule has 1 aromatic carbocycles. The predicted octanol–water partition coefficient (Wildman–Crippen LogP) is 8.79. The Hall–Kier alpha value is -0.870. The molecule has 0 heterocycles. The summed E-state index contributed by atoms with van der Waals surface area (Å²) in [6.45, 7) is 2.29. The van der Waals surface area contributed by atoms with Gasteiger partial charge in [-0.15, -0.1) is 0 Å². The van der Waals surface area contributed by atoms with Gasteiger partial charge >= 0.3 is 11.4 Å². The molecule has 0 saturated carbocycles. The molecule has 0 amide bonds. The van der Waals surface area contributed by atoms with Crippen LogP contribution in [0.25, 0.3) is 0 Å². The first-order chi connectivity index (χ1) is 14.7. The van der Waals surface area contributed by atoms with Crippen molar-refractivity contribution in [2.45, 2.75) is 129 Å². The van der Waals surface area contributed by atoms with Crippen molar-refractivity contribution in [3.63, 3.8) is 0 Å². The van der Waals surface area contributed by atoms with Gasteiger partial charge in [-0.2, -0.15) is 4.21 Å². The maximum Gasteiger partial charge on any atom is 0.357 e. The van der Waals surface area contributed by atoms with E-state index in [4.69, 9.17) is 8.74 Å². The molecule has 3 nitrogen and oxygen atoms in total. The molecule has 30 heavy (non-hydrogen) atoms. The fourth-order valence-electron chi connectivity index (χ4n) is 4.02. The van der Waals surface area contributed by atoms with Crippen molar-refractivity contribution in [2.75, 3.05) is 0 Å². The first-order valence-corrected chi connectivity index (χ1v) is 13.6. The third kappa shape index (κ3) is 16.9. The third-order valence-electron chi connectivity index (χ3n) is 5.91. The first-order valence-electron chi connectivity index (χ1n) is 12.6. The molecule has 1 unspecified atom stereocenters. The number of benzene rings is 1. The third-order valence-corrected chi connectivity index (χ3v) is 6.24. The molecule has 1 rings (SSSR count). The quantitative estimate of drug-likeness (QED) is 0.154. The van der Waals surface area contributed by atoms with E-state index in [1.54, 1.807) is 12.1 Å². The van der Waals surface area contributed by atoms with Gasteiger partial charge in [0.2, 0.25) is 0 Å². The van der Waals surface area contributed by atoms with Gasteiger partial charge in [0.25, 0.3) is 0 Å². The second-order valence-electron chi connectivity index (χ2n) is 8.70. The Bertz CT molecular complexity index is 516. The van der Waals surface area contributed by atoms with Gasteiger partial charge in [-0.05, 0) is 30.5 Å². The Morgan fingerprint density at radius 2 is 1.00 bits per heavy atom. The fourth-order valence-corrected chi connectivity index (χ4v) is 4.30. The van der Waals surface area contributed by atoms with Crippen LogP contribution in [0.3, 0.4) is 0 Å². The van der Waals surface area contributed by atoms with Gasteiger partial charge < -0.3 is 4.18 Å². The molecule has 0 fully saturated rings. The van der Waals surface area contributed by atoms with E-state index in [2.05, 4.69) is 6.92 Å². The van der Waals surface area contributed by atoms with Gasteiger partial charge in [-0.25, -0.2) is 0 Å². The zero-order chi connectivity index (χ0) is 21.7.